The van der Waals surface area contributed by atoms with Crippen LogP contribution in [0.2, 0.25) is 0 Å². The largest absolute Gasteiger partial charge is 0.379 e. The van der Waals surface area contributed by atoms with Crippen LogP contribution in [0.4, 0.5) is 0 Å². The Bertz CT molecular complexity index is 380. The molecule has 0 saturated carbocycles. The van der Waals surface area contributed by atoms with Crippen molar-refractivity contribution in [1.82, 2.24) is 0 Å². The number of ether oxygens (including phenoxy) is 1. The van der Waals surface area contributed by atoms with E-state index in [4.69, 9.17) is 10.5 Å². The summed E-state index contributed by atoms with van der Waals surface area (Å²) in [4.78, 5) is 0. The summed E-state index contributed by atoms with van der Waals surface area (Å²) in [6, 6.07) is 6.13. The van der Waals surface area contributed by atoms with E-state index >= 15 is 0 Å². The molecule has 1 atom stereocenters. The number of hydrogen-bond acceptors (Lipinski definition) is 2. The summed E-state index contributed by atoms with van der Waals surface area (Å²) in [5.41, 5.74) is 7.23. The van der Waals surface area contributed by atoms with Gasteiger partial charge >= 0.3 is 0 Å². The second kappa shape index (κ2) is 6.32. The van der Waals surface area contributed by atoms with Gasteiger partial charge in [-0.05, 0) is 44.4 Å². The number of methoxy groups -OCH3 is 1. The molecular weight excluding hydrogens is 346 g/mol. The van der Waals surface area contributed by atoms with Gasteiger partial charge in [0.05, 0.1) is 5.60 Å². The molecule has 0 amide bonds. The fourth-order valence-corrected chi connectivity index (χ4v) is 2.90. The lowest BCUT2D eigenvalue weighted by molar-refractivity contribution is 0.0125. The Labute approximate surface area is 120 Å². The second-order valence-electron chi connectivity index (χ2n) is 4.77. The minimum absolute atomic E-state index is 0.0342. The molecule has 0 aliphatic heterocycles. The minimum atomic E-state index is -0.112. The van der Waals surface area contributed by atoms with Crippen molar-refractivity contribution in [3.8, 4) is 0 Å². The molecule has 2 N–H and O–H groups in total. The highest BCUT2D eigenvalue weighted by molar-refractivity contribution is 9.11. The molecular formula is C13H19Br2NO. The zero-order chi connectivity index (χ0) is 13.1. The molecule has 1 aromatic rings. The lowest BCUT2D eigenvalue weighted by Crippen LogP contribution is -2.24. The maximum absolute atomic E-state index is 6.21. The molecule has 0 spiro atoms. The Morgan fingerprint density at radius 2 is 2.00 bits per heavy atom. The normalized spacial score (nSPS) is 13.8. The maximum atomic E-state index is 6.21. The van der Waals surface area contributed by atoms with Crippen molar-refractivity contribution in [1.29, 1.82) is 0 Å². The first kappa shape index (κ1) is 15.2. The van der Waals surface area contributed by atoms with Crippen molar-refractivity contribution >= 4 is 31.9 Å². The molecule has 0 aliphatic carbocycles. The molecule has 0 saturated heterocycles. The molecule has 0 aliphatic rings. The molecule has 96 valence electrons. The Morgan fingerprint density at radius 1 is 1.35 bits per heavy atom. The Balaban J connectivity index is 2.67. The molecule has 1 rings (SSSR count). The average molecular weight is 365 g/mol. The SMILES string of the molecule is COC(C)(C)CCC(N)c1ccc(Br)cc1Br. The molecule has 0 bridgehead atoms. The summed E-state index contributed by atoms with van der Waals surface area (Å²) >= 11 is 6.98. The van der Waals surface area contributed by atoms with Crippen molar-refractivity contribution in [3.63, 3.8) is 0 Å². The third-order valence-electron chi connectivity index (χ3n) is 2.97. The molecule has 17 heavy (non-hydrogen) atoms. The van der Waals surface area contributed by atoms with Gasteiger partial charge in [0.2, 0.25) is 0 Å². The van der Waals surface area contributed by atoms with Crippen molar-refractivity contribution in [2.24, 2.45) is 5.73 Å². The first-order valence-corrected chi connectivity index (χ1v) is 7.20. The molecule has 1 aromatic carbocycles. The van der Waals surface area contributed by atoms with Crippen LogP contribution in [0, 0.1) is 0 Å². The summed E-state index contributed by atoms with van der Waals surface area (Å²) in [6.45, 7) is 4.16. The van der Waals surface area contributed by atoms with Gasteiger partial charge in [-0.15, -0.1) is 0 Å². The number of rotatable bonds is 5. The van der Waals surface area contributed by atoms with Crippen LogP contribution >= 0.6 is 31.9 Å². The molecule has 0 fully saturated rings. The van der Waals surface area contributed by atoms with Crippen LogP contribution in [-0.2, 0) is 4.74 Å². The second-order valence-corrected chi connectivity index (χ2v) is 6.54. The van der Waals surface area contributed by atoms with Crippen LogP contribution in [-0.4, -0.2) is 12.7 Å². The smallest absolute Gasteiger partial charge is 0.0623 e. The molecule has 0 aromatic heterocycles. The standard InChI is InChI=1S/C13H19Br2NO/c1-13(2,17-3)7-6-12(16)10-5-4-9(14)8-11(10)15/h4-5,8,12H,6-7,16H2,1-3H3. The fraction of sp³-hybridized carbons (Fsp3) is 0.538. The van der Waals surface area contributed by atoms with Crippen molar-refractivity contribution in [2.45, 2.75) is 38.3 Å². The highest BCUT2D eigenvalue weighted by Crippen LogP contribution is 2.29. The summed E-state index contributed by atoms with van der Waals surface area (Å²) in [6.07, 6.45) is 1.84. The van der Waals surface area contributed by atoms with Gasteiger partial charge in [-0.3, -0.25) is 0 Å². The maximum Gasteiger partial charge on any atom is 0.0623 e. The summed E-state index contributed by atoms with van der Waals surface area (Å²) < 4.78 is 7.50. The number of nitrogens with two attached hydrogens (primary N) is 1. The predicted octanol–water partition coefficient (Wildman–Crippen LogP) is 4.42. The van der Waals surface area contributed by atoms with Gasteiger partial charge in [0.1, 0.15) is 0 Å². The van der Waals surface area contributed by atoms with Gasteiger partial charge in [-0.1, -0.05) is 37.9 Å². The van der Waals surface area contributed by atoms with E-state index in [0.29, 0.717) is 0 Å². The van der Waals surface area contributed by atoms with Crippen LogP contribution < -0.4 is 5.73 Å². The van der Waals surface area contributed by atoms with Crippen LogP contribution in [0.5, 0.6) is 0 Å². The van der Waals surface area contributed by atoms with Crippen molar-refractivity contribution in [2.75, 3.05) is 7.11 Å². The lowest BCUT2D eigenvalue weighted by Gasteiger charge is -2.25. The highest BCUT2D eigenvalue weighted by atomic mass is 79.9. The van der Waals surface area contributed by atoms with E-state index in [1.165, 1.54) is 0 Å². The molecule has 1 unspecified atom stereocenters. The van der Waals surface area contributed by atoms with Gasteiger partial charge in [0, 0.05) is 22.1 Å². The predicted molar refractivity (Wildman–Crippen MR) is 79.1 cm³/mol. The highest BCUT2D eigenvalue weighted by Gasteiger charge is 2.19. The summed E-state index contributed by atoms with van der Waals surface area (Å²) in [5.74, 6) is 0. The number of halogens is 2. The van der Waals surface area contributed by atoms with Crippen LogP contribution in [0.15, 0.2) is 27.1 Å². The summed E-state index contributed by atoms with van der Waals surface area (Å²) in [5, 5.41) is 0. The average Bonchev–Trinajstić information content (AvgIpc) is 2.26. The van der Waals surface area contributed by atoms with Gasteiger partial charge in [-0.2, -0.15) is 0 Å². The quantitative estimate of drug-likeness (QED) is 0.839. The lowest BCUT2D eigenvalue weighted by atomic mass is 9.95. The summed E-state index contributed by atoms with van der Waals surface area (Å²) in [7, 11) is 1.74. The van der Waals surface area contributed by atoms with E-state index in [1.54, 1.807) is 7.11 Å². The van der Waals surface area contributed by atoms with Gasteiger partial charge in [0.15, 0.2) is 0 Å². The number of hydrogen-bond donors (Lipinski definition) is 1. The zero-order valence-corrected chi connectivity index (χ0v) is 13.6. The molecule has 0 heterocycles. The van der Waals surface area contributed by atoms with Crippen molar-refractivity contribution in [3.05, 3.63) is 32.7 Å². The molecule has 2 nitrogen and oxygen atoms in total. The first-order valence-electron chi connectivity index (χ1n) is 5.61. The van der Waals surface area contributed by atoms with E-state index in [-0.39, 0.29) is 11.6 Å². The van der Waals surface area contributed by atoms with Gasteiger partial charge in [-0.25, -0.2) is 0 Å². The van der Waals surface area contributed by atoms with E-state index in [0.717, 1.165) is 27.4 Å². The third-order valence-corrected chi connectivity index (χ3v) is 4.15. The Morgan fingerprint density at radius 3 is 2.53 bits per heavy atom. The van der Waals surface area contributed by atoms with Crippen LogP contribution in [0.1, 0.15) is 38.3 Å². The minimum Gasteiger partial charge on any atom is -0.379 e. The molecule has 4 heteroatoms. The number of benzene rings is 1. The fourth-order valence-electron chi connectivity index (χ4n) is 1.56. The van der Waals surface area contributed by atoms with Crippen LogP contribution in [0.25, 0.3) is 0 Å². The topological polar surface area (TPSA) is 35.2 Å². The Hall–Kier alpha value is 0.1000. The van der Waals surface area contributed by atoms with E-state index < -0.39 is 0 Å². The zero-order valence-electron chi connectivity index (χ0n) is 10.5. The van der Waals surface area contributed by atoms with Gasteiger partial charge in [0.25, 0.3) is 0 Å². The van der Waals surface area contributed by atoms with E-state index in [2.05, 4.69) is 51.8 Å². The van der Waals surface area contributed by atoms with Gasteiger partial charge < -0.3 is 10.5 Å². The third kappa shape index (κ3) is 4.70. The monoisotopic (exact) mass is 363 g/mol. The molecule has 0 radical (unpaired) electrons. The first-order chi connectivity index (χ1) is 7.85. The Kier molecular flexibility index (Phi) is 5.64. The van der Waals surface area contributed by atoms with E-state index in [9.17, 15) is 0 Å². The van der Waals surface area contributed by atoms with Crippen molar-refractivity contribution < 1.29 is 4.74 Å². The van der Waals surface area contributed by atoms with Crippen LogP contribution in [0.3, 0.4) is 0 Å². The van der Waals surface area contributed by atoms with E-state index in [1.807, 2.05) is 12.1 Å².